The van der Waals surface area contributed by atoms with Gasteiger partial charge in [-0.1, -0.05) is 37.3 Å². The van der Waals surface area contributed by atoms with Crippen LogP contribution in [0, 0.1) is 12.7 Å². The maximum Gasteiger partial charge on any atom is 0.323 e. The van der Waals surface area contributed by atoms with Gasteiger partial charge in [-0.15, -0.1) is 0 Å². The van der Waals surface area contributed by atoms with Crippen molar-refractivity contribution < 1.29 is 28.2 Å². The molecule has 4 aromatic rings. The fourth-order valence-corrected chi connectivity index (χ4v) is 5.36. The van der Waals surface area contributed by atoms with Gasteiger partial charge in [0.05, 0.1) is 24.1 Å². The lowest BCUT2D eigenvalue weighted by atomic mass is 10.0. The van der Waals surface area contributed by atoms with E-state index in [1.165, 1.54) is 13.2 Å². The molecular formula is C35H39FN4O5. The van der Waals surface area contributed by atoms with Crippen LogP contribution in [-0.4, -0.2) is 65.3 Å². The number of rotatable bonds is 12. The second-order valence-corrected chi connectivity index (χ2v) is 10.9. The van der Waals surface area contributed by atoms with E-state index in [0.29, 0.717) is 47.1 Å². The zero-order valence-electron chi connectivity index (χ0n) is 24.8. The second-order valence-electron chi connectivity index (χ2n) is 10.9. The molecule has 9 nitrogen and oxygen atoms in total. The van der Waals surface area contributed by atoms with Crippen molar-refractivity contribution in [3.8, 4) is 22.9 Å². The molecule has 1 aliphatic heterocycles. The van der Waals surface area contributed by atoms with Gasteiger partial charge in [-0.25, -0.2) is 4.39 Å². The van der Waals surface area contributed by atoms with Crippen molar-refractivity contribution in [3.05, 3.63) is 101 Å². The van der Waals surface area contributed by atoms with Gasteiger partial charge in [-0.2, -0.15) is 0 Å². The molecule has 0 radical (unpaired) electrons. The van der Waals surface area contributed by atoms with E-state index in [4.69, 9.17) is 9.47 Å². The predicted molar refractivity (Wildman–Crippen MR) is 170 cm³/mol. The highest BCUT2D eigenvalue weighted by Gasteiger charge is 2.31. The largest absolute Gasteiger partial charge is 0.468 e. The van der Waals surface area contributed by atoms with Gasteiger partial charge in [0.2, 0.25) is 0 Å². The van der Waals surface area contributed by atoms with E-state index in [1.807, 2.05) is 24.0 Å². The zero-order chi connectivity index (χ0) is 31.1. The van der Waals surface area contributed by atoms with Crippen molar-refractivity contribution >= 4 is 17.7 Å². The first kappa shape index (κ1) is 33.1. The molecule has 0 bridgehead atoms. The molecule has 3 heterocycles. The van der Waals surface area contributed by atoms with Crippen molar-refractivity contribution in [1.82, 2.24) is 20.2 Å². The Morgan fingerprint density at radius 3 is 2.62 bits per heavy atom. The van der Waals surface area contributed by atoms with E-state index in [9.17, 15) is 18.8 Å². The zero-order valence-corrected chi connectivity index (χ0v) is 24.8. The minimum Gasteiger partial charge on any atom is -0.468 e. The maximum absolute atomic E-state index is 14.0. The fraction of sp³-hybridized carbons (Fsp3) is 0.314. The van der Waals surface area contributed by atoms with Gasteiger partial charge in [0.15, 0.2) is 0 Å². The number of nitrogens with one attached hydrogen (secondary N) is 2. The first-order chi connectivity index (χ1) is 21.3. The number of aromatic nitrogens is 2. The molecule has 5 rings (SSSR count). The van der Waals surface area contributed by atoms with Crippen LogP contribution in [0.25, 0.3) is 11.4 Å². The van der Waals surface area contributed by atoms with Gasteiger partial charge < -0.3 is 19.8 Å². The second kappa shape index (κ2) is 15.3. The van der Waals surface area contributed by atoms with Crippen molar-refractivity contribution in [2.75, 3.05) is 26.7 Å². The van der Waals surface area contributed by atoms with Crippen LogP contribution in [0.2, 0.25) is 0 Å². The normalized spacial score (nSPS) is 14.4. The molecule has 45 heavy (non-hydrogen) atoms. The number of methoxy groups -OCH3 is 1. The number of likely N-dealkylation sites (tertiary alicyclic amines) is 1. The van der Waals surface area contributed by atoms with Crippen LogP contribution >= 0.6 is 0 Å². The summed E-state index contributed by atoms with van der Waals surface area (Å²) in [6, 6.07) is 16.9. The minimum atomic E-state index is -0.368. The van der Waals surface area contributed by atoms with Crippen LogP contribution in [0.1, 0.15) is 47.3 Å². The number of pyridine rings is 1. The third-order valence-electron chi connectivity index (χ3n) is 7.62. The Bertz CT molecular complexity index is 1640. The summed E-state index contributed by atoms with van der Waals surface area (Å²) in [5.41, 5.74) is 3.86. The first-order valence-corrected chi connectivity index (χ1v) is 14.6. The van der Waals surface area contributed by atoms with Crippen molar-refractivity contribution in [1.29, 1.82) is 0 Å². The highest BCUT2D eigenvalue weighted by atomic mass is 19.1. The summed E-state index contributed by atoms with van der Waals surface area (Å²) in [5.74, 6) is 0.241. The van der Waals surface area contributed by atoms with E-state index < -0.39 is 0 Å². The summed E-state index contributed by atoms with van der Waals surface area (Å²) in [7, 11) is 1.39. The predicted octanol–water partition coefficient (Wildman–Crippen LogP) is 5.67. The van der Waals surface area contributed by atoms with Crippen LogP contribution in [-0.2, 0) is 27.2 Å². The monoisotopic (exact) mass is 614 g/mol. The molecule has 10 heteroatoms. The van der Waals surface area contributed by atoms with Crippen molar-refractivity contribution in [3.63, 3.8) is 0 Å². The van der Waals surface area contributed by atoms with Gasteiger partial charge in [-0.05, 0) is 67.8 Å². The van der Waals surface area contributed by atoms with Crippen LogP contribution < -0.4 is 10.1 Å². The van der Waals surface area contributed by atoms with E-state index >= 15 is 0 Å². The van der Waals surface area contributed by atoms with Crippen LogP contribution in [0.5, 0.6) is 11.5 Å². The summed E-state index contributed by atoms with van der Waals surface area (Å²) >= 11 is 0. The molecule has 1 atom stereocenters. The van der Waals surface area contributed by atoms with Gasteiger partial charge >= 0.3 is 5.97 Å². The molecule has 0 unspecified atom stereocenters. The number of carbonyl (C=O) groups is 3. The number of nitrogens with zero attached hydrogens (tertiary/aromatic N) is 2. The lowest BCUT2D eigenvalue weighted by Crippen LogP contribution is -2.41. The lowest BCUT2D eigenvalue weighted by Gasteiger charge is -2.22. The number of esters is 1. The standard InChI is InChI=1S/C34H35FN4O5.CH4/c1-22-5-10-29(35)24(16-22)18-26(40)17-23-6-8-27(9-7-23)44-28-11-12-36-31(20-28)30-19-25(21-38-30)33(41)37-13-15-39-14-3-4-32(39)34(42)43-2;/h5-12,16,19-21,32,38H,3-4,13-15,17-18H2,1-2H3,(H,37,41);1H4/t32-;/m0./s1. The summed E-state index contributed by atoms with van der Waals surface area (Å²) in [4.78, 5) is 46.7. The third-order valence-corrected chi connectivity index (χ3v) is 7.62. The number of ketones is 1. The molecular weight excluding hydrogens is 575 g/mol. The minimum absolute atomic E-state index is 0. The number of amides is 1. The van der Waals surface area contributed by atoms with Crippen LogP contribution in [0.15, 0.2) is 73.1 Å². The molecule has 1 amide bonds. The molecule has 2 aromatic heterocycles. The molecule has 236 valence electrons. The number of benzene rings is 2. The number of halogens is 1. The Hall–Kier alpha value is -4.83. The molecule has 0 aliphatic carbocycles. The summed E-state index contributed by atoms with van der Waals surface area (Å²) < 4.78 is 24.9. The molecule has 0 spiro atoms. The van der Waals surface area contributed by atoms with Gasteiger partial charge in [0, 0.05) is 44.4 Å². The van der Waals surface area contributed by atoms with E-state index in [2.05, 4.69) is 15.3 Å². The number of carbonyl (C=O) groups excluding carboxylic acids is 3. The number of hydrogen-bond acceptors (Lipinski definition) is 7. The van der Waals surface area contributed by atoms with Crippen LogP contribution in [0.4, 0.5) is 4.39 Å². The Labute approximate surface area is 262 Å². The lowest BCUT2D eigenvalue weighted by molar-refractivity contribution is -0.145. The average Bonchev–Trinajstić information content (AvgIpc) is 3.70. The fourth-order valence-electron chi connectivity index (χ4n) is 5.36. The molecule has 1 aliphatic rings. The molecule has 2 aromatic carbocycles. The number of hydrogen-bond donors (Lipinski definition) is 2. The highest BCUT2D eigenvalue weighted by Crippen LogP contribution is 2.26. The Morgan fingerprint density at radius 2 is 1.84 bits per heavy atom. The first-order valence-electron chi connectivity index (χ1n) is 14.6. The summed E-state index contributed by atoms with van der Waals surface area (Å²) in [6.45, 7) is 3.64. The van der Waals surface area contributed by atoms with E-state index in [-0.39, 0.29) is 49.8 Å². The number of ether oxygens (including phenoxy) is 2. The number of aromatic amines is 1. The Morgan fingerprint density at radius 1 is 1.04 bits per heavy atom. The third kappa shape index (κ3) is 8.63. The van der Waals surface area contributed by atoms with Crippen molar-refractivity contribution in [2.24, 2.45) is 0 Å². The number of Topliss-reactive ketones (excluding diaryl/α,β-unsaturated/α-hetero) is 1. The van der Waals surface area contributed by atoms with Crippen LogP contribution in [0.3, 0.4) is 0 Å². The summed E-state index contributed by atoms with van der Waals surface area (Å²) in [5, 5.41) is 2.91. The highest BCUT2D eigenvalue weighted by molar-refractivity contribution is 5.95. The SMILES string of the molecule is C.COC(=O)[C@@H]1CCCN1CCNC(=O)c1c[nH]c(-c2cc(Oc3ccc(CC(=O)Cc4cc(C)ccc4F)cc3)ccn2)c1. The van der Waals surface area contributed by atoms with Gasteiger partial charge in [-0.3, -0.25) is 24.3 Å². The molecule has 2 N–H and O–H groups in total. The smallest absolute Gasteiger partial charge is 0.323 e. The number of aryl methyl sites for hydroxylation is 1. The molecule has 1 fully saturated rings. The quantitative estimate of drug-likeness (QED) is 0.198. The molecule has 1 saturated heterocycles. The van der Waals surface area contributed by atoms with Gasteiger partial charge in [0.25, 0.3) is 5.91 Å². The van der Waals surface area contributed by atoms with E-state index in [1.54, 1.807) is 54.9 Å². The topological polar surface area (TPSA) is 114 Å². The Kier molecular flexibility index (Phi) is 11.2. The average molecular weight is 615 g/mol. The summed E-state index contributed by atoms with van der Waals surface area (Å²) in [6.07, 6.45) is 5.18. The molecule has 0 saturated carbocycles. The van der Waals surface area contributed by atoms with Crippen molar-refractivity contribution in [2.45, 2.75) is 46.1 Å². The Balaban J connectivity index is 0.00000461. The number of H-pyrrole nitrogens is 1. The maximum atomic E-state index is 14.0. The van der Waals surface area contributed by atoms with Gasteiger partial charge in [0.1, 0.15) is 29.1 Å². The van der Waals surface area contributed by atoms with E-state index in [0.717, 1.165) is 30.5 Å².